The van der Waals surface area contributed by atoms with Crippen LogP contribution in [-0.4, -0.2) is 28.3 Å². The molecule has 0 aromatic heterocycles. The van der Waals surface area contributed by atoms with E-state index in [0.717, 1.165) is 5.69 Å². The van der Waals surface area contributed by atoms with E-state index in [9.17, 15) is 8.42 Å². The number of benzene rings is 1. The first-order chi connectivity index (χ1) is 6.49. The molecule has 1 rings (SSSR count). The fourth-order valence-corrected chi connectivity index (χ4v) is 2.41. The molecule has 0 aliphatic heterocycles. The average Bonchev–Trinajstić information content (AvgIpc) is 2.18. The van der Waals surface area contributed by atoms with Gasteiger partial charge in [-0.15, -0.1) is 0 Å². The molecule has 0 amide bonds. The van der Waals surface area contributed by atoms with E-state index in [2.05, 4.69) is 0 Å². The van der Waals surface area contributed by atoms with E-state index in [1.165, 1.54) is 0 Å². The third-order valence-electron chi connectivity index (χ3n) is 2.06. The fourth-order valence-electron chi connectivity index (χ4n) is 1.25. The van der Waals surface area contributed by atoms with Gasteiger partial charge in [0.2, 0.25) is 0 Å². The van der Waals surface area contributed by atoms with Crippen LogP contribution < -0.4 is 4.90 Å². The second kappa shape index (κ2) is 4.00. The standard InChI is InChI=1S/C10H15NO2S/c1-4-14(12,13)10-8-6-5-7-9(10)11(2)3/h5-8H,4H2,1-3H3. The van der Waals surface area contributed by atoms with Crippen LogP contribution in [0, 0.1) is 0 Å². The van der Waals surface area contributed by atoms with Gasteiger partial charge in [-0.05, 0) is 12.1 Å². The van der Waals surface area contributed by atoms with Crippen LogP contribution in [0.2, 0.25) is 0 Å². The van der Waals surface area contributed by atoms with Crippen LogP contribution in [-0.2, 0) is 9.84 Å². The number of para-hydroxylation sites is 1. The van der Waals surface area contributed by atoms with E-state index in [1.807, 2.05) is 31.1 Å². The highest BCUT2D eigenvalue weighted by Crippen LogP contribution is 2.23. The highest BCUT2D eigenvalue weighted by atomic mass is 32.2. The summed E-state index contributed by atoms with van der Waals surface area (Å²) in [4.78, 5) is 2.22. The first-order valence-corrected chi connectivity index (χ1v) is 6.13. The predicted molar refractivity (Wildman–Crippen MR) is 58.5 cm³/mol. The van der Waals surface area contributed by atoms with E-state index in [0.29, 0.717) is 4.90 Å². The molecule has 0 fully saturated rings. The van der Waals surface area contributed by atoms with Crippen LogP contribution in [0.5, 0.6) is 0 Å². The van der Waals surface area contributed by atoms with Gasteiger partial charge in [-0.1, -0.05) is 19.1 Å². The Morgan fingerprint density at radius 1 is 1.21 bits per heavy atom. The Morgan fingerprint density at radius 3 is 2.29 bits per heavy atom. The molecule has 0 atom stereocenters. The van der Waals surface area contributed by atoms with Crippen molar-refractivity contribution in [3.8, 4) is 0 Å². The van der Waals surface area contributed by atoms with Crippen molar-refractivity contribution in [2.45, 2.75) is 11.8 Å². The zero-order chi connectivity index (χ0) is 10.8. The van der Waals surface area contributed by atoms with Gasteiger partial charge in [0.05, 0.1) is 16.3 Å². The smallest absolute Gasteiger partial charge is 0.180 e. The SMILES string of the molecule is CCS(=O)(=O)c1ccccc1N(C)C. The van der Waals surface area contributed by atoms with Crippen LogP contribution in [0.1, 0.15) is 6.92 Å². The monoisotopic (exact) mass is 213 g/mol. The van der Waals surface area contributed by atoms with Gasteiger partial charge in [-0.3, -0.25) is 0 Å². The summed E-state index contributed by atoms with van der Waals surface area (Å²) in [6, 6.07) is 7.04. The molecular weight excluding hydrogens is 198 g/mol. The molecular formula is C10H15NO2S. The Hall–Kier alpha value is -1.03. The second-order valence-corrected chi connectivity index (χ2v) is 5.51. The maximum atomic E-state index is 11.7. The lowest BCUT2D eigenvalue weighted by Crippen LogP contribution is -2.14. The molecule has 0 aliphatic rings. The van der Waals surface area contributed by atoms with Crippen molar-refractivity contribution in [2.75, 3.05) is 24.7 Å². The van der Waals surface area contributed by atoms with Gasteiger partial charge in [-0.2, -0.15) is 0 Å². The molecule has 0 N–H and O–H groups in total. The van der Waals surface area contributed by atoms with Gasteiger partial charge >= 0.3 is 0 Å². The highest BCUT2D eigenvalue weighted by Gasteiger charge is 2.16. The number of hydrogen-bond donors (Lipinski definition) is 0. The molecule has 3 nitrogen and oxygen atoms in total. The molecule has 0 radical (unpaired) electrons. The van der Waals surface area contributed by atoms with Gasteiger partial charge < -0.3 is 4.90 Å². The van der Waals surface area contributed by atoms with Gasteiger partial charge in [-0.25, -0.2) is 8.42 Å². The van der Waals surface area contributed by atoms with E-state index in [4.69, 9.17) is 0 Å². The number of hydrogen-bond acceptors (Lipinski definition) is 3. The third-order valence-corrected chi connectivity index (χ3v) is 3.84. The molecule has 1 aromatic carbocycles. The van der Waals surface area contributed by atoms with Crippen molar-refractivity contribution in [1.29, 1.82) is 0 Å². The Bertz CT molecular complexity index is 410. The summed E-state index contributed by atoms with van der Waals surface area (Å²) in [5, 5.41) is 0. The van der Waals surface area contributed by atoms with Crippen molar-refractivity contribution in [3.63, 3.8) is 0 Å². The minimum Gasteiger partial charge on any atom is -0.377 e. The lowest BCUT2D eigenvalue weighted by atomic mass is 10.3. The normalized spacial score (nSPS) is 11.4. The quantitative estimate of drug-likeness (QED) is 0.764. The lowest BCUT2D eigenvalue weighted by Gasteiger charge is -2.16. The third kappa shape index (κ3) is 2.07. The first-order valence-electron chi connectivity index (χ1n) is 4.48. The molecule has 0 bridgehead atoms. The summed E-state index contributed by atoms with van der Waals surface area (Å²) < 4.78 is 23.4. The van der Waals surface area contributed by atoms with Gasteiger partial charge in [0.1, 0.15) is 0 Å². The second-order valence-electron chi connectivity index (χ2n) is 3.27. The maximum Gasteiger partial charge on any atom is 0.180 e. The molecule has 0 heterocycles. The topological polar surface area (TPSA) is 37.4 Å². The number of anilines is 1. The van der Waals surface area contributed by atoms with E-state index in [-0.39, 0.29) is 5.75 Å². The molecule has 0 unspecified atom stereocenters. The Balaban J connectivity index is 3.35. The predicted octanol–water partition coefficient (Wildman–Crippen LogP) is 1.55. The molecule has 0 aliphatic carbocycles. The van der Waals surface area contributed by atoms with Crippen molar-refractivity contribution >= 4 is 15.5 Å². The summed E-state index contributed by atoms with van der Waals surface area (Å²) in [5.74, 6) is 0.137. The molecule has 78 valence electrons. The van der Waals surface area contributed by atoms with Crippen molar-refractivity contribution in [1.82, 2.24) is 0 Å². The van der Waals surface area contributed by atoms with Crippen LogP contribution in [0.4, 0.5) is 5.69 Å². The number of rotatable bonds is 3. The zero-order valence-electron chi connectivity index (χ0n) is 8.69. The van der Waals surface area contributed by atoms with Crippen LogP contribution in [0.25, 0.3) is 0 Å². The molecule has 0 spiro atoms. The molecule has 4 heteroatoms. The van der Waals surface area contributed by atoms with Crippen LogP contribution in [0.3, 0.4) is 0 Å². The fraction of sp³-hybridized carbons (Fsp3) is 0.400. The van der Waals surface area contributed by atoms with Crippen molar-refractivity contribution < 1.29 is 8.42 Å². The summed E-state index contributed by atoms with van der Waals surface area (Å²) in [5.41, 5.74) is 0.745. The Kier molecular flexibility index (Phi) is 3.16. The minimum absolute atomic E-state index is 0.137. The lowest BCUT2D eigenvalue weighted by molar-refractivity contribution is 0.597. The molecule has 1 aromatic rings. The highest BCUT2D eigenvalue weighted by molar-refractivity contribution is 7.91. The Morgan fingerprint density at radius 2 is 1.79 bits per heavy atom. The molecule has 0 saturated heterocycles. The number of nitrogens with zero attached hydrogens (tertiary/aromatic N) is 1. The van der Waals surface area contributed by atoms with Crippen LogP contribution in [0.15, 0.2) is 29.2 Å². The molecule has 14 heavy (non-hydrogen) atoms. The van der Waals surface area contributed by atoms with Crippen molar-refractivity contribution in [3.05, 3.63) is 24.3 Å². The largest absolute Gasteiger partial charge is 0.377 e. The first kappa shape index (κ1) is 11.0. The van der Waals surface area contributed by atoms with E-state index < -0.39 is 9.84 Å². The maximum absolute atomic E-state index is 11.7. The number of sulfone groups is 1. The van der Waals surface area contributed by atoms with Crippen molar-refractivity contribution in [2.24, 2.45) is 0 Å². The van der Waals surface area contributed by atoms with Crippen LogP contribution >= 0.6 is 0 Å². The van der Waals surface area contributed by atoms with Gasteiger partial charge in [0, 0.05) is 14.1 Å². The summed E-state index contributed by atoms with van der Waals surface area (Å²) in [7, 11) is 0.559. The Labute approximate surface area is 85.3 Å². The van der Waals surface area contributed by atoms with Gasteiger partial charge in [0.15, 0.2) is 9.84 Å². The summed E-state index contributed by atoms with van der Waals surface area (Å²) >= 11 is 0. The summed E-state index contributed by atoms with van der Waals surface area (Å²) in [6.07, 6.45) is 0. The summed E-state index contributed by atoms with van der Waals surface area (Å²) in [6.45, 7) is 1.65. The molecule has 0 saturated carbocycles. The zero-order valence-corrected chi connectivity index (χ0v) is 9.50. The van der Waals surface area contributed by atoms with E-state index >= 15 is 0 Å². The average molecular weight is 213 g/mol. The van der Waals surface area contributed by atoms with Gasteiger partial charge in [0.25, 0.3) is 0 Å². The minimum atomic E-state index is -3.12. The van der Waals surface area contributed by atoms with E-state index in [1.54, 1.807) is 19.1 Å².